The van der Waals surface area contributed by atoms with E-state index in [1.54, 1.807) is 0 Å². The lowest BCUT2D eigenvalue weighted by molar-refractivity contribution is 0.691. The predicted octanol–water partition coefficient (Wildman–Crippen LogP) is 2.57. The number of hydrogen-bond acceptors (Lipinski definition) is 4. The molecule has 0 amide bonds. The van der Waals surface area contributed by atoms with Crippen LogP contribution in [0.15, 0.2) is 0 Å². The highest BCUT2D eigenvalue weighted by Gasteiger charge is 2.20. The molecule has 1 heterocycles. The Morgan fingerprint density at radius 1 is 1.57 bits per heavy atom. The summed E-state index contributed by atoms with van der Waals surface area (Å²) in [6.45, 7) is 3.13. The van der Waals surface area contributed by atoms with Crippen LogP contribution >= 0.6 is 23.1 Å². The van der Waals surface area contributed by atoms with Crippen molar-refractivity contribution in [2.45, 2.75) is 38.1 Å². The van der Waals surface area contributed by atoms with Gasteiger partial charge in [0.25, 0.3) is 0 Å². The number of thioether (sulfide) groups is 1. The number of thiazole rings is 1. The Balaban J connectivity index is 1.93. The molecule has 0 aromatic carbocycles. The minimum atomic E-state index is 0.792. The molecule has 0 atom stereocenters. The zero-order valence-electron chi connectivity index (χ0n) is 8.67. The maximum absolute atomic E-state index is 4.56. The van der Waals surface area contributed by atoms with Crippen molar-refractivity contribution in [3.63, 3.8) is 0 Å². The van der Waals surface area contributed by atoms with E-state index in [0.29, 0.717) is 0 Å². The second kappa shape index (κ2) is 4.64. The lowest BCUT2D eigenvalue weighted by atomic mass is 10.4. The first-order chi connectivity index (χ1) is 6.79. The third kappa shape index (κ3) is 2.72. The van der Waals surface area contributed by atoms with Crippen LogP contribution in [0.25, 0.3) is 0 Å². The van der Waals surface area contributed by atoms with Gasteiger partial charge in [-0.2, -0.15) is 11.8 Å². The molecule has 0 radical (unpaired) electrons. The summed E-state index contributed by atoms with van der Waals surface area (Å²) in [7, 11) is 0. The van der Waals surface area contributed by atoms with Crippen molar-refractivity contribution in [1.82, 2.24) is 10.3 Å². The van der Waals surface area contributed by atoms with Gasteiger partial charge in [0, 0.05) is 23.2 Å². The fourth-order valence-corrected chi connectivity index (χ4v) is 3.08. The molecule has 1 fully saturated rings. The summed E-state index contributed by atoms with van der Waals surface area (Å²) in [5.74, 6) is 1.05. The van der Waals surface area contributed by atoms with E-state index in [-0.39, 0.29) is 0 Å². The Morgan fingerprint density at radius 3 is 3.00 bits per heavy atom. The smallest absolute Gasteiger partial charge is 0.103 e. The molecule has 1 aliphatic rings. The molecule has 14 heavy (non-hydrogen) atoms. The molecule has 0 aliphatic heterocycles. The van der Waals surface area contributed by atoms with E-state index in [0.717, 1.165) is 18.3 Å². The van der Waals surface area contributed by atoms with E-state index < -0.39 is 0 Å². The van der Waals surface area contributed by atoms with Crippen LogP contribution in [0.5, 0.6) is 0 Å². The van der Waals surface area contributed by atoms with Gasteiger partial charge in [0.15, 0.2) is 0 Å². The lowest BCUT2D eigenvalue weighted by Gasteiger charge is -1.99. The van der Waals surface area contributed by atoms with Gasteiger partial charge in [0.1, 0.15) is 5.01 Å². The minimum absolute atomic E-state index is 0.792. The SMILES string of the molecule is CSCc1nc(C)c(CNC2CC2)s1. The fourth-order valence-electron chi connectivity index (χ4n) is 1.36. The van der Waals surface area contributed by atoms with Gasteiger partial charge in [0.2, 0.25) is 0 Å². The lowest BCUT2D eigenvalue weighted by Crippen LogP contribution is -2.14. The van der Waals surface area contributed by atoms with E-state index >= 15 is 0 Å². The summed E-state index contributed by atoms with van der Waals surface area (Å²) in [6.07, 6.45) is 4.84. The second-order valence-electron chi connectivity index (χ2n) is 3.70. The van der Waals surface area contributed by atoms with E-state index in [9.17, 15) is 0 Å². The van der Waals surface area contributed by atoms with Crippen molar-refractivity contribution >= 4 is 23.1 Å². The molecule has 0 spiro atoms. The number of nitrogens with zero attached hydrogens (tertiary/aromatic N) is 1. The summed E-state index contributed by atoms with van der Waals surface area (Å²) in [5, 5.41) is 4.80. The average Bonchev–Trinajstić information content (AvgIpc) is 2.90. The molecule has 2 nitrogen and oxygen atoms in total. The minimum Gasteiger partial charge on any atom is -0.309 e. The second-order valence-corrected chi connectivity index (χ2v) is 5.74. The summed E-state index contributed by atoms with van der Waals surface area (Å²) in [4.78, 5) is 5.97. The highest BCUT2D eigenvalue weighted by atomic mass is 32.2. The van der Waals surface area contributed by atoms with Crippen molar-refractivity contribution in [1.29, 1.82) is 0 Å². The quantitative estimate of drug-likeness (QED) is 0.838. The third-order valence-electron chi connectivity index (χ3n) is 2.33. The van der Waals surface area contributed by atoms with E-state index in [1.165, 1.54) is 28.4 Å². The highest BCUT2D eigenvalue weighted by molar-refractivity contribution is 7.97. The molecule has 78 valence electrons. The van der Waals surface area contributed by atoms with Crippen LogP contribution in [0.2, 0.25) is 0 Å². The van der Waals surface area contributed by atoms with Crippen molar-refractivity contribution in [2.75, 3.05) is 6.26 Å². The van der Waals surface area contributed by atoms with Crippen LogP contribution in [0, 0.1) is 6.92 Å². The van der Waals surface area contributed by atoms with Crippen LogP contribution in [0.4, 0.5) is 0 Å². The van der Waals surface area contributed by atoms with Crippen LogP contribution in [0.1, 0.15) is 28.4 Å². The maximum atomic E-state index is 4.56. The van der Waals surface area contributed by atoms with Crippen LogP contribution in [-0.4, -0.2) is 17.3 Å². The first-order valence-corrected chi connectivity index (χ1v) is 7.18. The summed E-state index contributed by atoms with van der Waals surface area (Å²) >= 11 is 3.70. The van der Waals surface area contributed by atoms with Gasteiger partial charge in [0.05, 0.1) is 5.69 Å². The molecule has 1 N–H and O–H groups in total. The number of aryl methyl sites for hydroxylation is 1. The van der Waals surface area contributed by atoms with Crippen molar-refractivity contribution in [3.05, 3.63) is 15.6 Å². The van der Waals surface area contributed by atoms with E-state index in [2.05, 4.69) is 23.5 Å². The number of hydrogen-bond donors (Lipinski definition) is 1. The first-order valence-electron chi connectivity index (χ1n) is 4.97. The number of aromatic nitrogens is 1. The molecule has 1 aromatic heterocycles. The zero-order chi connectivity index (χ0) is 9.97. The van der Waals surface area contributed by atoms with Crippen molar-refractivity contribution < 1.29 is 0 Å². The van der Waals surface area contributed by atoms with Crippen LogP contribution in [0.3, 0.4) is 0 Å². The molecule has 1 aromatic rings. The fraction of sp³-hybridized carbons (Fsp3) is 0.700. The molecule has 4 heteroatoms. The molecular formula is C10H16N2S2. The Kier molecular flexibility index (Phi) is 3.47. The third-order valence-corrected chi connectivity index (χ3v) is 4.24. The van der Waals surface area contributed by atoms with Crippen LogP contribution < -0.4 is 5.32 Å². The van der Waals surface area contributed by atoms with Gasteiger partial charge in [-0.15, -0.1) is 11.3 Å². The Morgan fingerprint density at radius 2 is 2.36 bits per heavy atom. The molecule has 0 unspecified atom stereocenters. The topological polar surface area (TPSA) is 24.9 Å². The largest absolute Gasteiger partial charge is 0.309 e. The molecule has 1 saturated carbocycles. The molecular weight excluding hydrogens is 212 g/mol. The summed E-state index contributed by atoms with van der Waals surface area (Å²) < 4.78 is 0. The first kappa shape index (κ1) is 10.5. The predicted molar refractivity (Wildman–Crippen MR) is 63.9 cm³/mol. The van der Waals surface area contributed by atoms with Gasteiger partial charge < -0.3 is 5.32 Å². The molecule has 0 saturated heterocycles. The number of nitrogens with one attached hydrogen (secondary N) is 1. The van der Waals surface area contributed by atoms with Gasteiger partial charge in [-0.25, -0.2) is 4.98 Å². The highest BCUT2D eigenvalue weighted by Crippen LogP contribution is 2.24. The van der Waals surface area contributed by atoms with Gasteiger partial charge in [-0.3, -0.25) is 0 Å². The number of rotatable bonds is 5. The monoisotopic (exact) mass is 228 g/mol. The van der Waals surface area contributed by atoms with E-state index in [1.807, 2.05) is 23.1 Å². The van der Waals surface area contributed by atoms with Gasteiger partial charge >= 0.3 is 0 Å². The Hall–Kier alpha value is -0.0600. The van der Waals surface area contributed by atoms with Crippen LogP contribution in [-0.2, 0) is 12.3 Å². The van der Waals surface area contributed by atoms with Gasteiger partial charge in [-0.05, 0) is 26.0 Å². The Labute approximate surface area is 93.5 Å². The maximum Gasteiger partial charge on any atom is 0.103 e. The molecule has 1 aliphatic carbocycles. The Bertz CT molecular complexity index is 305. The zero-order valence-corrected chi connectivity index (χ0v) is 10.3. The van der Waals surface area contributed by atoms with E-state index in [4.69, 9.17) is 0 Å². The summed E-state index contributed by atoms with van der Waals surface area (Å²) in [5.41, 5.74) is 1.22. The van der Waals surface area contributed by atoms with Gasteiger partial charge in [-0.1, -0.05) is 0 Å². The normalized spacial score (nSPS) is 16.1. The van der Waals surface area contributed by atoms with Crippen molar-refractivity contribution in [3.8, 4) is 0 Å². The average molecular weight is 228 g/mol. The summed E-state index contributed by atoms with van der Waals surface area (Å²) in [6, 6.07) is 0.792. The molecule has 2 rings (SSSR count). The van der Waals surface area contributed by atoms with Crippen molar-refractivity contribution in [2.24, 2.45) is 0 Å². The molecule has 0 bridgehead atoms. The standard InChI is InChI=1S/C10H16N2S2/c1-7-9(5-11-8-3-4-8)14-10(12-7)6-13-2/h8,11H,3-6H2,1-2H3.